The predicted octanol–water partition coefficient (Wildman–Crippen LogP) is 4.21. The summed E-state index contributed by atoms with van der Waals surface area (Å²) in [6, 6.07) is 0.508. The highest BCUT2D eigenvalue weighted by Crippen LogP contribution is 2.37. The van der Waals surface area contributed by atoms with Gasteiger partial charge >= 0.3 is 0 Å². The van der Waals surface area contributed by atoms with Gasteiger partial charge in [0, 0.05) is 32.1 Å². The van der Waals surface area contributed by atoms with Crippen LogP contribution in [0.15, 0.2) is 22.5 Å². The number of amides is 2. The molecular formula is C27H43N5O2. The normalized spacial score (nSPS) is 38.0. The molecule has 0 bridgehead atoms. The smallest absolute Gasteiger partial charge is 0.246 e. The Morgan fingerprint density at radius 3 is 2.41 bits per heavy atom. The van der Waals surface area contributed by atoms with E-state index in [0.29, 0.717) is 35.5 Å². The number of hydrogen-bond acceptors (Lipinski definition) is 5. The van der Waals surface area contributed by atoms with Crippen molar-refractivity contribution in [2.24, 2.45) is 45.8 Å². The van der Waals surface area contributed by atoms with E-state index in [9.17, 15) is 9.59 Å². The monoisotopic (exact) mass is 469 g/mol. The number of allylic oxidation sites excluding steroid dienone is 1. The van der Waals surface area contributed by atoms with Crippen molar-refractivity contribution in [2.75, 3.05) is 26.2 Å². The Hall–Kier alpha value is -1.92. The van der Waals surface area contributed by atoms with Crippen molar-refractivity contribution in [1.29, 1.82) is 0 Å². The Kier molecular flexibility index (Phi) is 7.26. The second kappa shape index (κ2) is 10.4. The van der Waals surface area contributed by atoms with E-state index in [1.807, 2.05) is 6.08 Å². The molecule has 7 atom stereocenters. The molecule has 5 rings (SSSR count). The first-order chi connectivity index (χ1) is 16.5. The fourth-order valence-corrected chi connectivity index (χ4v) is 7.41. The molecule has 5 aliphatic rings. The third kappa shape index (κ3) is 5.03. The molecule has 4 fully saturated rings. The number of nitrogens with one attached hydrogen (secondary N) is 1. The zero-order valence-electron chi connectivity index (χ0n) is 21.1. The molecule has 2 saturated carbocycles. The highest BCUT2D eigenvalue weighted by Gasteiger charge is 2.42. The van der Waals surface area contributed by atoms with Gasteiger partial charge in [0.1, 0.15) is 0 Å². The number of rotatable bonds is 4. The van der Waals surface area contributed by atoms with Crippen LogP contribution in [0.25, 0.3) is 0 Å². The Balaban J connectivity index is 1.11. The molecule has 34 heavy (non-hydrogen) atoms. The van der Waals surface area contributed by atoms with Gasteiger partial charge in [0.05, 0.1) is 12.1 Å². The molecule has 2 saturated heterocycles. The van der Waals surface area contributed by atoms with Crippen molar-refractivity contribution in [3.05, 3.63) is 12.2 Å². The molecule has 3 aliphatic heterocycles. The van der Waals surface area contributed by atoms with Gasteiger partial charge in [0.25, 0.3) is 0 Å². The quantitative estimate of drug-likeness (QED) is 0.627. The average Bonchev–Trinajstić information content (AvgIpc) is 3.44. The second-order valence-corrected chi connectivity index (χ2v) is 11.9. The summed E-state index contributed by atoms with van der Waals surface area (Å²) in [5.74, 6) is 3.65. The van der Waals surface area contributed by atoms with E-state index >= 15 is 0 Å². The third-order valence-corrected chi connectivity index (χ3v) is 9.55. The van der Waals surface area contributed by atoms with Gasteiger partial charge in [0.15, 0.2) is 0 Å². The molecular weight excluding hydrogens is 426 g/mol. The lowest BCUT2D eigenvalue weighted by Gasteiger charge is -2.32. The molecule has 0 spiro atoms. The average molecular weight is 470 g/mol. The molecule has 0 aromatic rings. The summed E-state index contributed by atoms with van der Waals surface area (Å²) in [5, 5.41) is 8.22. The molecule has 3 heterocycles. The number of nitrogens with zero attached hydrogens (tertiary/aromatic N) is 4. The van der Waals surface area contributed by atoms with E-state index in [1.165, 1.54) is 25.7 Å². The zero-order chi connectivity index (χ0) is 23.7. The van der Waals surface area contributed by atoms with Crippen LogP contribution < -0.4 is 5.43 Å². The minimum Gasteiger partial charge on any atom is -0.342 e. The molecule has 2 aliphatic carbocycles. The molecule has 7 heteroatoms. The van der Waals surface area contributed by atoms with Gasteiger partial charge in [0.2, 0.25) is 11.8 Å². The van der Waals surface area contributed by atoms with E-state index in [0.717, 1.165) is 58.3 Å². The first-order valence-electron chi connectivity index (χ1n) is 13.9. The summed E-state index contributed by atoms with van der Waals surface area (Å²) >= 11 is 0. The standard InChI is InChI=1S/C27H43N5O2/c1-18(2)23-6-4-3-5-19(23)8-10-26(33)31-13-11-21-16-32(17-22(21)12-14-31)27(34)20-7-9-24-25(15-20)29-30-28-24/h8,10,18-25H,3-7,9,11-17H2,1-2H3,(H,28,29). The highest BCUT2D eigenvalue weighted by atomic mass is 16.2. The van der Waals surface area contributed by atoms with Gasteiger partial charge in [-0.3, -0.25) is 15.0 Å². The van der Waals surface area contributed by atoms with E-state index < -0.39 is 0 Å². The molecule has 2 amide bonds. The summed E-state index contributed by atoms with van der Waals surface area (Å²) in [6.07, 6.45) is 14.0. The summed E-state index contributed by atoms with van der Waals surface area (Å²) in [6.45, 7) is 8.03. The molecule has 0 aromatic heterocycles. The van der Waals surface area contributed by atoms with Crippen molar-refractivity contribution in [3.8, 4) is 0 Å². The summed E-state index contributed by atoms with van der Waals surface area (Å²) in [7, 11) is 0. The number of carbonyl (C=O) groups is 2. The Bertz CT molecular complexity index is 795. The lowest BCUT2D eigenvalue weighted by Crippen LogP contribution is -2.44. The lowest BCUT2D eigenvalue weighted by atomic mass is 9.73. The Labute approximate surface area is 204 Å². The van der Waals surface area contributed by atoms with Crippen molar-refractivity contribution in [3.63, 3.8) is 0 Å². The van der Waals surface area contributed by atoms with Crippen molar-refractivity contribution in [2.45, 2.75) is 83.7 Å². The van der Waals surface area contributed by atoms with Crippen LogP contribution in [0, 0.1) is 35.5 Å². The molecule has 7 unspecified atom stereocenters. The van der Waals surface area contributed by atoms with Crippen molar-refractivity contribution >= 4 is 11.8 Å². The molecule has 0 aromatic carbocycles. The minimum atomic E-state index is 0.109. The lowest BCUT2D eigenvalue weighted by molar-refractivity contribution is -0.136. The zero-order valence-corrected chi connectivity index (χ0v) is 21.1. The van der Waals surface area contributed by atoms with Crippen LogP contribution in [-0.4, -0.2) is 59.9 Å². The van der Waals surface area contributed by atoms with Gasteiger partial charge in [-0.15, -0.1) is 0 Å². The molecule has 1 N–H and O–H groups in total. The van der Waals surface area contributed by atoms with E-state index in [2.05, 4.69) is 45.5 Å². The number of likely N-dealkylation sites (tertiary alicyclic amines) is 2. The fraction of sp³-hybridized carbons (Fsp3) is 0.852. The fourth-order valence-electron chi connectivity index (χ4n) is 7.41. The van der Waals surface area contributed by atoms with Crippen LogP contribution in [0.1, 0.15) is 71.6 Å². The highest BCUT2D eigenvalue weighted by molar-refractivity contribution is 5.87. The largest absolute Gasteiger partial charge is 0.342 e. The van der Waals surface area contributed by atoms with Crippen LogP contribution >= 0.6 is 0 Å². The van der Waals surface area contributed by atoms with Crippen LogP contribution in [-0.2, 0) is 9.59 Å². The van der Waals surface area contributed by atoms with Crippen LogP contribution in [0.3, 0.4) is 0 Å². The molecule has 0 radical (unpaired) electrons. The van der Waals surface area contributed by atoms with Gasteiger partial charge in [-0.2, -0.15) is 5.11 Å². The van der Waals surface area contributed by atoms with Crippen molar-refractivity contribution in [1.82, 2.24) is 15.2 Å². The SMILES string of the molecule is CC(C)C1CCCCC1C=CC(=O)N1CCC2CN(C(=O)C3CCC4N=NNC4C3)CC2CC1. The maximum atomic E-state index is 13.3. The summed E-state index contributed by atoms with van der Waals surface area (Å²) in [5.41, 5.74) is 3.09. The first kappa shape index (κ1) is 23.8. The van der Waals surface area contributed by atoms with E-state index in [-0.39, 0.29) is 23.9 Å². The van der Waals surface area contributed by atoms with Crippen LogP contribution in [0.4, 0.5) is 0 Å². The van der Waals surface area contributed by atoms with Gasteiger partial charge in [-0.05, 0) is 80.6 Å². The minimum absolute atomic E-state index is 0.109. The van der Waals surface area contributed by atoms with Crippen molar-refractivity contribution < 1.29 is 9.59 Å². The molecule has 7 nitrogen and oxygen atoms in total. The summed E-state index contributed by atoms with van der Waals surface area (Å²) < 4.78 is 0. The number of carbonyl (C=O) groups excluding carboxylic acids is 2. The number of hydrogen-bond donors (Lipinski definition) is 1. The topological polar surface area (TPSA) is 77.4 Å². The van der Waals surface area contributed by atoms with Gasteiger partial charge in [-0.25, -0.2) is 0 Å². The molecule has 188 valence electrons. The Morgan fingerprint density at radius 2 is 1.68 bits per heavy atom. The third-order valence-electron chi connectivity index (χ3n) is 9.55. The summed E-state index contributed by atoms with van der Waals surface area (Å²) in [4.78, 5) is 30.5. The first-order valence-corrected chi connectivity index (χ1v) is 13.9. The number of fused-ring (bicyclic) bond motifs is 2. The Morgan fingerprint density at radius 1 is 0.941 bits per heavy atom. The maximum absolute atomic E-state index is 13.3. The van der Waals surface area contributed by atoms with Crippen LogP contribution in [0.5, 0.6) is 0 Å². The van der Waals surface area contributed by atoms with Gasteiger partial charge in [-0.1, -0.05) is 38.0 Å². The van der Waals surface area contributed by atoms with Crippen LogP contribution in [0.2, 0.25) is 0 Å². The maximum Gasteiger partial charge on any atom is 0.246 e. The van der Waals surface area contributed by atoms with E-state index in [1.54, 1.807) is 0 Å². The predicted molar refractivity (Wildman–Crippen MR) is 132 cm³/mol. The second-order valence-electron chi connectivity index (χ2n) is 11.9. The van der Waals surface area contributed by atoms with Gasteiger partial charge < -0.3 is 9.80 Å². The van der Waals surface area contributed by atoms with E-state index in [4.69, 9.17) is 0 Å².